The summed E-state index contributed by atoms with van der Waals surface area (Å²) >= 11 is 6.46. The number of hydrogen-bond acceptors (Lipinski definition) is 4. The van der Waals surface area contributed by atoms with Gasteiger partial charge in [0.05, 0.1) is 16.7 Å². The van der Waals surface area contributed by atoms with Crippen molar-refractivity contribution < 1.29 is 9.90 Å². The minimum atomic E-state index is -0.286. The molecule has 0 amide bonds. The Morgan fingerprint density at radius 2 is 1.95 bits per heavy atom. The lowest BCUT2D eigenvalue weighted by Gasteiger charge is -2.09. The third kappa shape index (κ3) is 3.27. The van der Waals surface area contributed by atoms with Crippen LogP contribution in [0.3, 0.4) is 0 Å². The number of aliphatic hydroxyl groups is 1. The number of ketones is 1. The Labute approximate surface area is 120 Å². The number of nitrogens with one attached hydrogen (secondary N) is 1. The van der Waals surface area contributed by atoms with Gasteiger partial charge in [0.1, 0.15) is 4.99 Å². The topological polar surface area (TPSA) is 49.3 Å². The highest BCUT2D eigenvalue weighted by Gasteiger charge is 2.18. The minimum Gasteiger partial charge on any atom is -0.515 e. The highest BCUT2D eigenvalue weighted by Crippen LogP contribution is 2.16. The summed E-state index contributed by atoms with van der Waals surface area (Å²) in [4.78, 5) is 12.9. The van der Waals surface area contributed by atoms with Crippen LogP contribution in [0.15, 0.2) is 59.7 Å². The van der Waals surface area contributed by atoms with E-state index in [1.807, 2.05) is 30.3 Å². The number of para-hydroxylation sites is 1. The molecule has 0 aliphatic rings. The van der Waals surface area contributed by atoms with E-state index in [-0.39, 0.29) is 16.3 Å². The Bertz CT molecular complexity index is 604. The van der Waals surface area contributed by atoms with E-state index in [9.17, 15) is 9.90 Å². The molecule has 0 bridgehead atoms. The van der Waals surface area contributed by atoms with Crippen molar-refractivity contribution in [3.8, 4) is 0 Å². The molecule has 5 heteroatoms. The number of Topliss-reactive ketones (excluding diaryl/α,β-unsaturated/α-hetero) is 1. The van der Waals surface area contributed by atoms with Gasteiger partial charge in [-0.1, -0.05) is 36.5 Å². The predicted molar refractivity (Wildman–Crippen MR) is 82.0 cm³/mol. The molecule has 0 unspecified atom stereocenters. The lowest BCUT2D eigenvalue weighted by atomic mass is 10.1. The van der Waals surface area contributed by atoms with Gasteiger partial charge in [-0.3, -0.25) is 4.79 Å². The third-order valence-corrected chi connectivity index (χ3v) is 3.59. The number of carbonyl (C=O) groups excluding carboxylic acids is 1. The molecule has 96 valence electrons. The average molecular weight is 289 g/mol. The van der Waals surface area contributed by atoms with Crippen molar-refractivity contribution in [2.24, 2.45) is 0 Å². The molecule has 1 heterocycles. The van der Waals surface area contributed by atoms with Crippen LogP contribution < -0.4 is 5.32 Å². The van der Waals surface area contributed by atoms with Gasteiger partial charge in [0.2, 0.25) is 5.78 Å². The van der Waals surface area contributed by atoms with Crippen LogP contribution in [0.5, 0.6) is 0 Å². The second-order valence-electron chi connectivity index (χ2n) is 3.67. The van der Waals surface area contributed by atoms with Crippen molar-refractivity contribution in [1.29, 1.82) is 0 Å². The molecule has 19 heavy (non-hydrogen) atoms. The van der Waals surface area contributed by atoms with Crippen LogP contribution in [0.2, 0.25) is 0 Å². The maximum atomic E-state index is 12.1. The first kappa shape index (κ1) is 13.5. The van der Waals surface area contributed by atoms with Crippen LogP contribution in [-0.4, -0.2) is 15.9 Å². The lowest BCUT2D eigenvalue weighted by molar-refractivity contribution is 0.104. The van der Waals surface area contributed by atoms with Gasteiger partial charge in [-0.25, -0.2) is 0 Å². The highest BCUT2D eigenvalue weighted by molar-refractivity contribution is 7.81. The quantitative estimate of drug-likeness (QED) is 0.389. The molecule has 0 atom stereocenters. The summed E-state index contributed by atoms with van der Waals surface area (Å²) in [5, 5.41) is 14.0. The van der Waals surface area contributed by atoms with Gasteiger partial charge in [-0.05, 0) is 23.6 Å². The summed E-state index contributed by atoms with van der Waals surface area (Å²) in [6.07, 6.45) is 0.750. The Balaban J connectivity index is 2.15. The standard InChI is InChI=1S/C14H11NO2S2/c16-9-11(13(17)12-7-4-8-19-12)14(18)15-10-5-2-1-3-6-10/h1-9,16H,(H,15,18)/b11-9-. The molecule has 1 aromatic carbocycles. The van der Waals surface area contributed by atoms with Gasteiger partial charge in [0, 0.05) is 5.69 Å². The van der Waals surface area contributed by atoms with Crippen molar-refractivity contribution in [1.82, 2.24) is 0 Å². The fourth-order valence-electron chi connectivity index (χ4n) is 1.48. The molecule has 2 rings (SSSR count). The van der Waals surface area contributed by atoms with Crippen LogP contribution in [0, 0.1) is 0 Å². The fraction of sp³-hybridized carbons (Fsp3) is 0. The molecule has 0 spiro atoms. The van der Waals surface area contributed by atoms with Gasteiger partial charge in [-0.15, -0.1) is 11.3 Å². The summed E-state index contributed by atoms with van der Waals surface area (Å²) in [7, 11) is 0. The number of aliphatic hydroxyl groups excluding tert-OH is 1. The van der Waals surface area contributed by atoms with Crippen molar-refractivity contribution in [2.75, 3.05) is 5.32 Å². The Hall–Kier alpha value is -1.98. The van der Waals surface area contributed by atoms with Gasteiger partial charge in [-0.2, -0.15) is 0 Å². The number of anilines is 1. The second kappa shape index (κ2) is 6.26. The van der Waals surface area contributed by atoms with Crippen molar-refractivity contribution >= 4 is 40.0 Å². The van der Waals surface area contributed by atoms with E-state index in [0.717, 1.165) is 11.9 Å². The molecule has 0 aliphatic heterocycles. The molecule has 0 saturated carbocycles. The van der Waals surface area contributed by atoms with Gasteiger partial charge in [0.15, 0.2) is 0 Å². The number of thiocarbonyl (C=S) groups is 1. The monoisotopic (exact) mass is 289 g/mol. The van der Waals surface area contributed by atoms with E-state index < -0.39 is 0 Å². The van der Waals surface area contributed by atoms with Crippen LogP contribution in [0.1, 0.15) is 9.67 Å². The van der Waals surface area contributed by atoms with Crippen molar-refractivity contribution in [2.45, 2.75) is 0 Å². The van der Waals surface area contributed by atoms with Crippen LogP contribution in [0.25, 0.3) is 0 Å². The van der Waals surface area contributed by atoms with Gasteiger partial charge < -0.3 is 10.4 Å². The molecular weight excluding hydrogens is 278 g/mol. The fourth-order valence-corrected chi connectivity index (χ4v) is 2.42. The summed E-state index contributed by atoms with van der Waals surface area (Å²) in [6, 6.07) is 12.7. The van der Waals surface area contributed by atoms with E-state index in [1.165, 1.54) is 11.3 Å². The van der Waals surface area contributed by atoms with E-state index >= 15 is 0 Å². The minimum absolute atomic E-state index is 0.0845. The molecule has 0 saturated heterocycles. The van der Waals surface area contributed by atoms with E-state index in [2.05, 4.69) is 5.32 Å². The molecule has 2 aromatic rings. The third-order valence-electron chi connectivity index (χ3n) is 2.39. The zero-order valence-corrected chi connectivity index (χ0v) is 11.5. The van der Waals surface area contributed by atoms with E-state index in [1.54, 1.807) is 17.5 Å². The Morgan fingerprint density at radius 3 is 2.53 bits per heavy atom. The maximum Gasteiger partial charge on any atom is 0.209 e. The largest absolute Gasteiger partial charge is 0.515 e. The predicted octanol–water partition coefficient (Wildman–Crippen LogP) is 3.81. The number of hydrogen-bond donors (Lipinski definition) is 2. The summed E-state index contributed by atoms with van der Waals surface area (Å²) in [6.45, 7) is 0. The van der Waals surface area contributed by atoms with E-state index in [4.69, 9.17) is 12.2 Å². The molecule has 0 radical (unpaired) electrons. The van der Waals surface area contributed by atoms with Crippen molar-refractivity contribution in [3.05, 3.63) is 64.6 Å². The first-order valence-electron chi connectivity index (χ1n) is 5.51. The van der Waals surface area contributed by atoms with E-state index in [0.29, 0.717) is 4.88 Å². The Morgan fingerprint density at radius 1 is 1.21 bits per heavy atom. The lowest BCUT2D eigenvalue weighted by Crippen LogP contribution is -2.18. The van der Waals surface area contributed by atoms with Crippen LogP contribution in [-0.2, 0) is 0 Å². The molecule has 2 N–H and O–H groups in total. The molecular formula is C14H11NO2S2. The summed E-state index contributed by atoms with van der Waals surface area (Å²) in [5.41, 5.74) is 0.854. The number of carbonyl (C=O) groups is 1. The van der Waals surface area contributed by atoms with Crippen molar-refractivity contribution in [3.63, 3.8) is 0 Å². The van der Waals surface area contributed by atoms with Gasteiger partial charge >= 0.3 is 0 Å². The normalized spacial score (nSPS) is 11.1. The first-order valence-corrected chi connectivity index (χ1v) is 6.80. The number of rotatable bonds is 4. The number of benzene rings is 1. The zero-order chi connectivity index (χ0) is 13.7. The first-order chi connectivity index (χ1) is 9.22. The summed E-state index contributed by atoms with van der Waals surface area (Å²) in [5.74, 6) is -0.286. The summed E-state index contributed by atoms with van der Waals surface area (Å²) < 4.78 is 0. The molecule has 0 aliphatic carbocycles. The SMILES string of the molecule is O=C(/C(=C/O)C(=S)Nc1ccccc1)c1cccs1. The zero-order valence-electron chi connectivity index (χ0n) is 9.87. The second-order valence-corrected chi connectivity index (χ2v) is 5.03. The molecule has 3 nitrogen and oxygen atoms in total. The molecule has 0 fully saturated rings. The van der Waals surface area contributed by atoms with Crippen LogP contribution in [0.4, 0.5) is 5.69 Å². The Kier molecular flexibility index (Phi) is 4.43. The van der Waals surface area contributed by atoms with Gasteiger partial charge in [0.25, 0.3) is 0 Å². The smallest absolute Gasteiger partial charge is 0.209 e. The maximum absolute atomic E-state index is 12.1. The highest BCUT2D eigenvalue weighted by atomic mass is 32.1. The average Bonchev–Trinajstić information content (AvgIpc) is 2.94. The number of thiophene rings is 1. The van der Waals surface area contributed by atoms with Crippen LogP contribution >= 0.6 is 23.6 Å². The molecule has 1 aromatic heterocycles.